The summed E-state index contributed by atoms with van der Waals surface area (Å²) in [5, 5.41) is 1.56. The van der Waals surface area contributed by atoms with Crippen molar-refractivity contribution in [2.45, 2.75) is 13.8 Å². The molecule has 56 valence electrons. The number of hydrogen-bond acceptors (Lipinski definition) is 3. The third-order valence-corrected chi connectivity index (χ3v) is 0.898. The molecule has 0 radical (unpaired) electrons. The highest BCUT2D eigenvalue weighted by Crippen LogP contribution is 1.83. The van der Waals surface area contributed by atoms with E-state index >= 15 is 0 Å². The second-order valence-electron chi connectivity index (χ2n) is 1.32. The van der Waals surface area contributed by atoms with Gasteiger partial charge in [-0.2, -0.15) is 0 Å². The molecule has 0 atom stereocenters. The van der Waals surface area contributed by atoms with Crippen LogP contribution < -0.4 is 0 Å². The molecule has 0 fully saturated rings. The minimum Gasteiger partial charge on any atom is -0.371 e. The van der Waals surface area contributed by atoms with E-state index in [0.717, 1.165) is 13.1 Å². The van der Waals surface area contributed by atoms with Crippen molar-refractivity contribution in [3.63, 3.8) is 0 Å². The zero-order chi connectivity index (χ0) is 6.41. The Kier molecular flexibility index (Phi) is 9.87. The lowest BCUT2D eigenvalue weighted by Gasteiger charge is -2.12. The molecule has 0 bridgehead atoms. The first-order valence-corrected chi connectivity index (χ1v) is 2.70. The van der Waals surface area contributed by atoms with E-state index in [-0.39, 0.29) is 12.4 Å². The van der Waals surface area contributed by atoms with Crippen LogP contribution in [0.25, 0.3) is 0 Å². The van der Waals surface area contributed by atoms with E-state index in [9.17, 15) is 4.79 Å². The predicted octanol–water partition coefficient (Wildman–Crippen LogP) is 0.838. The van der Waals surface area contributed by atoms with Crippen LogP contribution in [0.2, 0.25) is 0 Å². The van der Waals surface area contributed by atoms with Crippen LogP contribution in [-0.2, 0) is 9.63 Å². The molecule has 9 heavy (non-hydrogen) atoms. The number of nitrogens with zero attached hydrogens (tertiary/aromatic N) is 1. The van der Waals surface area contributed by atoms with Crippen LogP contribution >= 0.6 is 12.4 Å². The van der Waals surface area contributed by atoms with Crippen LogP contribution in [0.1, 0.15) is 13.8 Å². The maximum atomic E-state index is 9.67. The Morgan fingerprint density at radius 1 is 1.44 bits per heavy atom. The largest absolute Gasteiger partial charge is 0.371 e. The van der Waals surface area contributed by atoms with Crippen LogP contribution in [0.15, 0.2) is 0 Å². The Balaban J connectivity index is 0. The second-order valence-corrected chi connectivity index (χ2v) is 1.32. The molecule has 0 unspecified atom stereocenters. The average Bonchev–Trinajstić information content (AvgIpc) is 1.83. The van der Waals surface area contributed by atoms with Crippen LogP contribution in [0, 0.1) is 0 Å². The van der Waals surface area contributed by atoms with Gasteiger partial charge in [0.15, 0.2) is 0 Å². The smallest absolute Gasteiger partial charge is 0.312 e. The van der Waals surface area contributed by atoms with Crippen LogP contribution in [-0.4, -0.2) is 24.6 Å². The summed E-state index contributed by atoms with van der Waals surface area (Å²) < 4.78 is 0. The molecule has 0 aliphatic carbocycles. The molecule has 0 saturated carbocycles. The van der Waals surface area contributed by atoms with Crippen molar-refractivity contribution in [3.05, 3.63) is 0 Å². The first kappa shape index (κ1) is 11.5. The first-order valence-electron chi connectivity index (χ1n) is 2.70. The number of hydrogen-bond donors (Lipinski definition) is 0. The monoisotopic (exact) mass is 153 g/mol. The van der Waals surface area contributed by atoms with Gasteiger partial charge >= 0.3 is 6.47 Å². The maximum absolute atomic E-state index is 9.67. The third kappa shape index (κ3) is 5.59. The van der Waals surface area contributed by atoms with E-state index in [1.165, 1.54) is 0 Å². The second kappa shape index (κ2) is 7.72. The van der Waals surface area contributed by atoms with Crippen molar-refractivity contribution < 1.29 is 9.63 Å². The van der Waals surface area contributed by atoms with Gasteiger partial charge in [0.25, 0.3) is 0 Å². The summed E-state index contributed by atoms with van der Waals surface area (Å²) in [5.41, 5.74) is 0. The van der Waals surface area contributed by atoms with Crippen LogP contribution in [0.3, 0.4) is 0 Å². The van der Waals surface area contributed by atoms with Gasteiger partial charge in [0, 0.05) is 13.1 Å². The van der Waals surface area contributed by atoms with Gasteiger partial charge < -0.3 is 4.84 Å². The van der Waals surface area contributed by atoms with E-state index < -0.39 is 0 Å². The molecule has 4 heteroatoms. The minimum atomic E-state index is 0. The molecule has 0 aromatic rings. The molecule has 0 aliphatic rings. The fourth-order valence-electron chi connectivity index (χ4n) is 0.434. The Morgan fingerprint density at radius 3 is 2.00 bits per heavy atom. The molecule has 0 saturated heterocycles. The summed E-state index contributed by atoms with van der Waals surface area (Å²) in [6.45, 7) is 5.78. The topological polar surface area (TPSA) is 29.5 Å². The van der Waals surface area contributed by atoms with E-state index in [4.69, 9.17) is 0 Å². The zero-order valence-electron chi connectivity index (χ0n) is 5.66. The normalized spacial score (nSPS) is 8.33. The van der Waals surface area contributed by atoms with Gasteiger partial charge in [-0.3, -0.25) is 4.79 Å². The summed E-state index contributed by atoms with van der Waals surface area (Å²) >= 11 is 0. The Morgan fingerprint density at radius 2 is 1.89 bits per heavy atom. The Bertz CT molecular complexity index is 66.0. The minimum absolute atomic E-state index is 0. The van der Waals surface area contributed by atoms with Crippen LogP contribution in [0.5, 0.6) is 0 Å². The maximum Gasteiger partial charge on any atom is 0.312 e. The van der Waals surface area contributed by atoms with E-state index in [2.05, 4.69) is 4.84 Å². The first-order chi connectivity index (χ1) is 3.85. The summed E-state index contributed by atoms with van der Waals surface area (Å²) in [4.78, 5) is 14.2. The fourth-order valence-corrected chi connectivity index (χ4v) is 0.434. The van der Waals surface area contributed by atoms with Crippen molar-refractivity contribution in [1.29, 1.82) is 0 Å². The summed E-state index contributed by atoms with van der Waals surface area (Å²) in [6.07, 6.45) is 0. The number of halogens is 1. The molecular weight excluding hydrogens is 142 g/mol. The highest BCUT2D eigenvalue weighted by molar-refractivity contribution is 5.85. The molecule has 0 aliphatic heterocycles. The summed E-state index contributed by atoms with van der Waals surface area (Å²) in [7, 11) is 0. The van der Waals surface area contributed by atoms with Gasteiger partial charge in [0.2, 0.25) is 0 Å². The lowest BCUT2D eigenvalue weighted by Crippen LogP contribution is -2.22. The number of rotatable bonds is 4. The van der Waals surface area contributed by atoms with E-state index in [1.807, 2.05) is 13.8 Å². The van der Waals surface area contributed by atoms with Crippen molar-refractivity contribution in [3.8, 4) is 0 Å². The van der Waals surface area contributed by atoms with E-state index in [1.54, 1.807) is 5.06 Å². The van der Waals surface area contributed by atoms with Gasteiger partial charge in [-0.25, -0.2) is 0 Å². The highest BCUT2D eigenvalue weighted by atomic mass is 35.5. The molecule has 0 aromatic heterocycles. The molecule has 0 N–H and O–H groups in total. The third-order valence-electron chi connectivity index (χ3n) is 0.898. The SMILES string of the molecule is CCN(CC)OC=O.Cl. The zero-order valence-corrected chi connectivity index (χ0v) is 6.48. The molecule has 0 spiro atoms. The van der Waals surface area contributed by atoms with Crippen molar-refractivity contribution in [1.82, 2.24) is 5.06 Å². The van der Waals surface area contributed by atoms with Gasteiger partial charge in [-0.15, -0.1) is 17.5 Å². The lowest BCUT2D eigenvalue weighted by atomic mass is 10.6. The molecule has 3 nitrogen and oxygen atoms in total. The van der Waals surface area contributed by atoms with Gasteiger partial charge in [-0.05, 0) is 13.8 Å². The van der Waals surface area contributed by atoms with Gasteiger partial charge in [0.05, 0.1) is 0 Å². The molecule has 0 amide bonds. The Labute approximate surface area is 61.3 Å². The van der Waals surface area contributed by atoms with Crippen molar-refractivity contribution in [2.75, 3.05) is 13.1 Å². The molecule has 0 aromatic carbocycles. The molecule has 0 heterocycles. The standard InChI is InChI=1S/C5H11NO2.ClH/c1-3-6(4-2)8-5-7;/h5H,3-4H2,1-2H3;1H. The average molecular weight is 154 g/mol. The molecule has 0 rings (SSSR count). The summed E-state index contributed by atoms with van der Waals surface area (Å²) in [5.74, 6) is 0. The Hall–Kier alpha value is -0.280. The predicted molar refractivity (Wildman–Crippen MR) is 37.3 cm³/mol. The number of hydroxylamine groups is 2. The van der Waals surface area contributed by atoms with E-state index in [0.29, 0.717) is 6.47 Å². The quantitative estimate of drug-likeness (QED) is 0.443. The van der Waals surface area contributed by atoms with Crippen molar-refractivity contribution >= 4 is 18.9 Å². The highest BCUT2D eigenvalue weighted by Gasteiger charge is 1.93. The van der Waals surface area contributed by atoms with Gasteiger partial charge in [-0.1, -0.05) is 0 Å². The van der Waals surface area contributed by atoms with Crippen molar-refractivity contribution in [2.24, 2.45) is 0 Å². The van der Waals surface area contributed by atoms with Gasteiger partial charge in [0.1, 0.15) is 0 Å². The lowest BCUT2D eigenvalue weighted by molar-refractivity contribution is -0.171. The fraction of sp³-hybridized carbons (Fsp3) is 0.800. The number of carbonyl (C=O) groups excluding carboxylic acids is 1. The number of carbonyl (C=O) groups is 1. The molecular formula is C5H12ClNO2. The summed E-state index contributed by atoms with van der Waals surface area (Å²) in [6, 6.07) is 0. The van der Waals surface area contributed by atoms with Crippen LogP contribution in [0.4, 0.5) is 0 Å².